The van der Waals surface area contributed by atoms with Crippen LogP contribution in [0.2, 0.25) is 0 Å². The highest BCUT2D eigenvalue weighted by atomic mass is 32.1. The third-order valence-electron chi connectivity index (χ3n) is 5.05. The number of aryl methyl sites for hydroxylation is 1. The third kappa shape index (κ3) is 2.99. The summed E-state index contributed by atoms with van der Waals surface area (Å²) in [7, 11) is 0. The predicted octanol–water partition coefficient (Wildman–Crippen LogP) is 2.79. The molecule has 0 saturated carbocycles. The van der Waals surface area contributed by atoms with Crippen molar-refractivity contribution in [1.29, 1.82) is 0 Å². The molecule has 2 atom stereocenters. The van der Waals surface area contributed by atoms with Crippen LogP contribution >= 0.6 is 12.2 Å². The van der Waals surface area contributed by atoms with Gasteiger partial charge in [-0.1, -0.05) is 13.0 Å². The molecule has 0 bridgehead atoms. The minimum absolute atomic E-state index is 0.0140. The lowest BCUT2D eigenvalue weighted by atomic mass is 9.96. The van der Waals surface area contributed by atoms with Crippen LogP contribution in [0.15, 0.2) is 43.1 Å². The Morgan fingerprint density at radius 1 is 1.19 bits per heavy atom. The molecule has 8 heteroatoms. The molecule has 0 radical (unpaired) electrons. The highest BCUT2D eigenvalue weighted by molar-refractivity contribution is 7.80. The number of thiocarbonyl (C=S) groups is 1. The second-order valence-corrected chi connectivity index (χ2v) is 7.19. The number of nitrogens with zero attached hydrogens (tertiary/aromatic N) is 6. The second kappa shape index (κ2) is 7.11. The molecule has 1 saturated heterocycles. The minimum atomic E-state index is 0.0140. The monoisotopic (exact) mass is 381 g/mol. The Kier molecular flexibility index (Phi) is 4.65. The molecule has 140 valence electrons. The van der Waals surface area contributed by atoms with Crippen LogP contribution in [0.3, 0.4) is 0 Å². The third-order valence-corrected chi connectivity index (χ3v) is 5.40. The Morgan fingerprint density at radius 2 is 1.96 bits per heavy atom. The number of aromatic nitrogens is 5. The lowest BCUT2D eigenvalue weighted by molar-refractivity contribution is 0.316. The molecule has 4 rings (SSSR count). The van der Waals surface area contributed by atoms with Gasteiger partial charge in [0.25, 0.3) is 0 Å². The lowest BCUT2D eigenvalue weighted by Gasteiger charge is -2.27. The first-order chi connectivity index (χ1) is 13.1. The van der Waals surface area contributed by atoms with Gasteiger partial charge in [-0.2, -0.15) is 0 Å². The van der Waals surface area contributed by atoms with E-state index in [0.717, 1.165) is 35.2 Å². The molecule has 1 N–H and O–H groups in total. The van der Waals surface area contributed by atoms with E-state index in [9.17, 15) is 0 Å². The van der Waals surface area contributed by atoms with E-state index in [2.05, 4.69) is 63.0 Å². The van der Waals surface area contributed by atoms with Crippen LogP contribution in [-0.4, -0.2) is 41.1 Å². The van der Waals surface area contributed by atoms with Crippen LogP contribution in [0.25, 0.3) is 0 Å². The molecule has 0 unspecified atom stereocenters. The SMILES string of the molecule is CCCN1C(=S)N[C@H](c2ccccn2)[C@@H]1c1cc(C)n(-n2cnnc2)c1C. The zero-order valence-corrected chi connectivity index (χ0v) is 16.5. The predicted molar refractivity (Wildman–Crippen MR) is 107 cm³/mol. The number of hydrogen-bond acceptors (Lipinski definition) is 4. The van der Waals surface area contributed by atoms with Crippen molar-refractivity contribution in [3.8, 4) is 0 Å². The summed E-state index contributed by atoms with van der Waals surface area (Å²) in [6, 6.07) is 8.35. The standard InChI is InChI=1S/C19H23N7S/c1-4-9-25-18(17(23-19(25)27)16-7-5-6-8-20-16)15-10-13(2)26(14(15)3)24-11-21-22-12-24/h5-8,10-12,17-18H,4,9H2,1-3H3,(H,23,27)/t17-,18+/m1/s1. The summed E-state index contributed by atoms with van der Waals surface area (Å²) in [5.41, 5.74) is 4.50. The topological polar surface area (TPSA) is 63.8 Å². The van der Waals surface area contributed by atoms with E-state index in [1.54, 1.807) is 12.7 Å². The van der Waals surface area contributed by atoms with Gasteiger partial charge in [-0.15, -0.1) is 10.2 Å². The smallest absolute Gasteiger partial charge is 0.170 e. The van der Waals surface area contributed by atoms with Gasteiger partial charge >= 0.3 is 0 Å². The summed E-state index contributed by atoms with van der Waals surface area (Å²) in [6.45, 7) is 7.30. The summed E-state index contributed by atoms with van der Waals surface area (Å²) in [6.07, 6.45) is 6.28. The maximum atomic E-state index is 5.68. The van der Waals surface area contributed by atoms with Gasteiger partial charge in [0.05, 0.1) is 17.8 Å². The molecule has 1 aliphatic rings. The van der Waals surface area contributed by atoms with Crippen LogP contribution in [0, 0.1) is 13.8 Å². The number of hydrogen-bond donors (Lipinski definition) is 1. The molecule has 0 amide bonds. The van der Waals surface area contributed by atoms with Gasteiger partial charge in [0.1, 0.15) is 12.7 Å². The minimum Gasteiger partial charge on any atom is -0.352 e. The van der Waals surface area contributed by atoms with Crippen LogP contribution in [-0.2, 0) is 0 Å². The fourth-order valence-corrected chi connectivity index (χ4v) is 4.29. The van der Waals surface area contributed by atoms with Crippen molar-refractivity contribution in [2.45, 2.75) is 39.3 Å². The average Bonchev–Trinajstić information content (AvgIpc) is 3.36. The van der Waals surface area contributed by atoms with Crippen molar-refractivity contribution >= 4 is 17.3 Å². The van der Waals surface area contributed by atoms with Crippen molar-refractivity contribution in [3.05, 3.63) is 65.8 Å². The van der Waals surface area contributed by atoms with E-state index < -0.39 is 0 Å². The van der Waals surface area contributed by atoms with E-state index >= 15 is 0 Å². The maximum Gasteiger partial charge on any atom is 0.170 e. The van der Waals surface area contributed by atoms with Gasteiger partial charge in [-0.05, 0) is 50.7 Å². The Bertz CT molecular complexity index is 933. The van der Waals surface area contributed by atoms with E-state index in [1.807, 2.05) is 23.0 Å². The van der Waals surface area contributed by atoms with E-state index in [1.165, 1.54) is 5.56 Å². The van der Waals surface area contributed by atoms with Crippen LogP contribution in [0.1, 0.15) is 48.1 Å². The molecule has 1 fully saturated rings. The van der Waals surface area contributed by atoms with Crippen LogP contribution < -0.4 is 5.32 Å². The molecule has 0 aromatic carbocycles. The van der Waals surface area contributed by atoms with Crippen molar-refractivity contribution in [2.75, 3.05) is 6.54 Å². The largest absolute Gasteiger partial charge is 0.352 e. The summed E-state index contributed by atoms with van der Waals surface area (Å²) in [5, 5.41) is 12.2. The number of nitrogens with one attached hydrogen (secondary N) is 1. The Morgan fingerprint density at radius 3 is 2.63 bits per heavy atom. The molecular formula is C19H23N7S. The van der Waals surface area contributed by atoms with E-state index in [0.29, 0.717) is 0 Å². The first-order valence-corrected chi connectivity index (χ1v) is 9.54. The van der Waals surface area contributed by atoms with Gasteiger partial charge in [-0.3, -0.25) is 9.66 Å². The maximum absolute atomic E-state index is 5.68. The highest BCUT2D eigenvalue weighted by Gasteiger charge is 2.40. The number of pyridine rings is 1. The Balaban J connectivity index is 1.83. The van der Waals surface area contributed by atoms with Gasteiger partial charge in [0.2, 0.25) is 0 Å². The molecule has 3 aromatic heterocycles. The van der Waals surface area contributed by atoms with Gasteiger partial charge in [-0.25, -0.2) is 4.68 Å². The summed E-state index contributed by atoms with van der Waals surface area (Å²) >= 11 is 5.68. The van der Waals surface area contributed by atoms with Gasteiger partial charge < -0.3 is 10.2 Å². The lowest BCUT2D eigenvalue weighted by Crippen LogP contribution is -2.30. The first-order valence-electron chi connectivity index (χ1n) is 9.14. The molecule has 1 aliphatic heterocycles. The summed E-state index contributed by atoms with van der Waals surface area (Å²) in [5.74, 6) is 0. The normalized spacial score (nSPS) is 19.5. The van der Waals surface area contributed by atoms with Crippen LogP contribution in [0.5, 0.6) is 0 Å². The molecule has 7 nitrogen and oxygen atoms in total. The van der Waals surface area contributed by atoms with Gasteiger partial charge in [0.15, 0.2) is 5.11 Å². The molecular weight excluding hydrogens is 358 g/mol. The number of rotatable bonds is 5. The van der Waals surface area contributed by atoms with Crippen molar-refractivity contribution < 1.29 is 0 Å². The Hall–Kier alpha value is -2.74. The average molecular weight is 382 g/mol. The molecule has 27 heavy (non-hydrogen) atoms. The van der Waals surface area contributed by atoms with E-state index in [4.69, 9.17) is 12.2 Å². The zero-order valence-electron chi connectivity index (χ0n) is 15.7. The molecule has 0 spiro atoms. The molecule has 4 heterocycles. The van der Waals surface area contributed by atoms with Crippen molar-refractivity contribution in [2.24, 2.45) is 0 Å². The van der Waals surface area contributed by atoms with E-state index in [-0.39, 0.29) is 12.1 Å². The summed E-state index contributed by atoms with van der Waals surface area (Å²) in [4.78, 5) is 6.88. The summed E-state index contributed by atoms with van der Waals surface area (Å²) < 4.78 is 4.02. The Labute approximate surface area is 164 Å². The second-order valence-electron chi connectivity index (χ2n) is 6.80. The van der Waals surface area contributed by atoms with Gasteiger partial charge in [0, 0.05) is 29.7 Å². The fourth-order valence-electron chi connectivity index (χ4n) is 3.96. The highest BCUT2D eigenvalue weighted by Crippen LogP contribution is 2.40. The quantitative estimate of drug-likeness (QED) is 0.686. The van der Waals surface area contributed by atoms with Crippen molar-refractivity contribution in [1.82, 2.24) is 34.8 Å². The molecule has 0 aliphatic carbocycles. The van der Waals surface area contributed by atoms with Crippen LogP contribution in [0.4, 0.5) is 0 Å². The zero-order chi connectivity index (χ0) is 19.0. The fraction of sp³-hybridized carbons (Fsp3) is 0.368. The first kappa shape index (κ1) is 17.7. The van der Waals surface area contributed by atoms with Crippen molar-refractivity contribution in [3.63, 3.8) is 0 Å². The molecule has 3 aromatic rings.